The number of halogens is 1. The Hall–Kier alpha value is -3.57. The standard InChI is InChI=1S/C18H15FN6O/c19-14-4-1-5-15(13(14)10-20)23-17-9-16(12-3-2-6-21-11-12)24-18(25-17)22-7-8-26/h1-6,9,11,26H,7-8H2,(H2,22,23,24,25). The zero-order valence-electron chi connectivity index (χ0n) is 13.6. The fourth-order valence-electron chi connectivity index (χ4n) is 2.30. The molecule has 0 saturated heterocycles. The molecule has 0 radical (unpaired) electrons. The Morgan fingerprint density at radius 3 is 2.81 bits per heavy atom. The number of nitrogens with zero attached hydrogens (tertiary/aromatic N) is 4. The summed E-state index contributed by atoms with van der Waals surface area (Å²) in [6.45, 7) is 0.199. The van der Waals surface area contributed by atoms with Crippen molar-refractivity contribution < 1.29 is 9.50 Å². The number of pyridine rings is 1. The van der Waals surface area contributed by atoms with Crippen molar-refractivity contribution in [3.63, 3.8) is 0 Å². The Bertz CT molecular complexity index is 942. The molecule has 130 valence electrons. The van der Waals surface area contributed by atoms with Crippen LogP contribution in [0, 0.1) is 17.1 Å². The smallest absolute Gasteiger partial charge is 0.225 e. The third-order valence-electron chi connectivity index (χ3n) is 3.47. The minimum Gasteiger partial charge on any atom is -0.395 e. The molecule has 0 amide bonds. The zero-order valence-corrected chi connectivity index (χ0v) is 13.6. The van der Waals surface area contributed by atoms with E-state index in [0.717, 1.165) is 5.56 Å². The number of anilines is 3. The van der Waals surface area contributed by atoms with Crippen LogP contribution >= 0.6 is 0 Å². The van der Waals surface area contributed by atoms with E-state index in [-0.39, 0.29) is 24.7 Å². The summed E-state index contributed by atoms with van der Waals surface area (Å²) in [6.07, 6.45) is 3.31. The molecule has 0 spiro atoms. The number of nitriles is 1. The van der Waals surface area contributed by atoms with Gasteiger partial charge in [-0.1, -0.05) is 6.07 Å². The lowest BCUT2D eigenvalue weighted by Gasteiger charge is -2.12. The van der Waals surface area contributed by atoms with E-state index in [2.05, 4.69) is 25.6 Å². The van der Waals surface area contributed by atoms with Crippen LogP contribution in [0.15, 0.2) is 48.8 Å². The van der Waals surface area contributed by atoms with Gasteiger partial charge in [0.15, 0.2) is 0 Å². The largest absolute Gasteiger partial charge is 0.395 e. The van der Waals surface area contributed by atoms with Gasteiger partial charge >= 0.3 is 0 Å². The molecule has 0 saturated carbocycles. The van der Waals surface area contributed by atoms with Gasteiger partial charge in [0.1, 0.15) is 23.3 Å². The van der Waals surface area contributed by atoms with Crippen molar-refractivity contribution in [2.75, 3.05) is 23.8 Å². The van der Waals surface area contributed by atoms with E-state index in [9.17, 15) is 4.39 Å². The van der Waals surface area contributed by atoms with Crippen LogP contribution in [0.4, 0.5) is 21.8 Å². The number of aliphatic hydroxyl groups is 1. The number of nitrogens with one attached hydrogen (secondary N) is 2. The van der Waals surface area contributed by atoms with E-state index in [4.69, 9.17) is 10.4 Å². The summed E-state index contributed by atoms with van der Waals surface area (Å²) in [4.78, 5) is 12.8. The van der Waals surface area contributed by atoms with Crippen LogP contribution < -0.4 is 10.6 Å². The predicted molar refractivity (Wildman–Crippen MR) is 95.2 cm³/mol. The zero-order chi connectivity index (χ0) is 18.4. The maximum Gasteiger partial charge on any atom is 0.225 e. The van der Waals surface area contributed by atoms with E-state index in [0.29, 0.717) is 17.2 Å². The maximum atomic E-state index is 13.8. The van der Waals surface area contributed by atoms with E-state index in [1.807, 2.05) is 12.1 Å². The van der Waals surface area contributed by atoms with Gasteiger partial charge in [0, 0.05) is 30.6 Å². The summed E-state index contributed by atoms with van der Waals surface area (Å²) >= 11 is 0. The van der Waals surface area contributed by atoms with Crippen LogP contribution in [-0.4, -0.2) is 33.2 Å². The van der Waals surface area contributed by atoms with E-state index in [1.165, 1.54) is 12.1 Å². The molecular formula is C18H15FN6O. The second-order valence-electron chi connectivity index (χ2n) is 5.25. The van der Waals surface area contributed by atoms with Gasteiger partial charge < -0.3 is 15.7 Å². The first-order valence-electron chi connectivity index (χ1n) is 7.81. The summed E-state index contributed by atoms with van der Waals surface area (Å²) in [7, 11) is 0. The van der Waals surface area contributed by atoms with Crippen molar-refractivity contribution in [3.8, 4) is 17.3 Å². The van der Waals surface area contributed by atoms with E-state index < -0.39 is 5.82 Å². The molecule has 3 aromatic rings. The monoisotopic (exact) mass is 350 g/mol. The lowest BCUT2D eigenvalue weighted by Crippen LogP contribution is -2.10. The second-order valence-corrected chi connectivity index (χ2v) is 5.25. The second kappa shape index (κ2) is 8.00. The number of hydrogen-bond acceptors (Lipinski definition) is 7. The number of aliphatic hydroxyl groups excluding tert-OH is 1. The third-order valence-corrected chi connectivity index (χ3v) is 3.47. The van der Waals surface area contributed by atoms with Gasteiger partial charge in [-0.3, -0.25) is 4.98 Å². The molecule has 0 fully saturated rings. The fourth-order valence-corrected chi connectivity index (χ4v) is 2.30. The average Bonchev–Trinajstić information content (AvgIpc) is 2.67. The predicted octanol–water partition coefficient (Wildman–Crippen LogP) is 2.70. The molecule has 26 heavy (non-hydrogen) atoms. The average molecular weight is 350 g/mol. The highest BCUT2D eigenvalue weighted by Gasteiger charge is 2.11. The van der Waals surface area contributed by atoms with Crippen LogP contribution in [0.2, 0.25) is 0 Å². The first kappa shape index (κ1) is 17.3. The highest BCUT2D eigenvalue weighted by Crippen LogP contribution is 2.25. The SMILES string of the molecule is N#Cc1c(F)cccc1Nc1cc(-c2cccnc2)nc(NCCO)n1. The Labute approximate surface area is 149 Å². The van der Waals surface area contributed by atoms with Gasteiger partial charge in [0.05, 0.1) is 18.0 Å². The lowest BCUT2D eigenvalue weighted by atomic mass is 10.1. The highest BCUT2D eigenvalue weighted by atomic mass is 19.1. The van der Waals surface area contributed by atoms with Gasteiger partial charge in [-0.15, -0.1) is 0 Å². The maximum absolute atomic E-state index is 13.8. The number of aromatic nitrogens is 3. The number of rotatable bonds is 6. The number of benzene rings is 1. The van der Waals surface area contributed by atoms with Gasteiger partial charge in [0.2, 0.25) is 5.95 Å². The molecule has 7 nitrogen and oxygen atoms in total. The van der Waals surface area contributed by atoms with E-state index in [1.54, 1.807) is 30.6 Å². The molecule has 2 heterocycles. The van der Waals surface area contributed by atoms with Gasteiger partial charge in [-0.05, 0) is 24.3 Å². The van der Waals surface area contributed by atoms with Crippen LogP contribution in [0.3, 0.4) is 0 Å². The minimum atomic E-state index is -0.613. The van der Waals surface area contributed by atoms with Crippen LogP contribution in [0.1, 0.15) is 5.56 Å². The van der Waals surface area contributed by atoms with Gasteiger partial charge in [-0.25, -0.2) is 9.37 Å². The van der Waals surface area contributed by atoms with Crippen LogP contribution in [0.25, 0.3) is 11.3 Å². The number of hydrogen-bond donors (Lipinski definition) is 3. The lowest BCUT2D eigenvalue weighted by molar-refractivity contribution is 0.311. The van der Waals surface area contributed by atoms with Crippen LogP contribution in [0.5, 0.6) is 0 Å². The quantitative estimate of drug-likeness (QED) is 0.627. The first-order valence-corrected chi connectivity index (χ1v) is 7.81. The third kappa shape index (κ3) is 3.91. The Morgan fingerprint density at radius 1 is 1.19 bits per heavy atom. The van der Waals surface area contributed by atoms with Crippen molar-refractivity contribution in [2.24, 2.45) is 0 Å². The fraction of sp³-hybridized carbons (Fsp3) is 0.111. The summed E-state index contributed by atoms with van der Waals surface area (Å²) in [5.74, 6) is 0.0527. The Morgan fingerprint density at radius 2 is 2.08 bits per heavy atom. The normalized spacial score (nSPS) is 10.2. The molecule has 1 aromatic carbocycles. The molecule has 0 aliphatic rings. The Kier molecular flexibility index (Phi) is 5.31. The molecule has 2 aromatic heterocycles. The summed E-state index contributed by atoms with van der Waals surface area (Å²) in [5, 5.41) is 24.0. The molecular weight excluding hydrogens is 335 g/mol. The molecule has 0 atom stereocenters. The first-order chi connectivity index (χ1) is 12.7. The van der Waals surface area contributed by atoms with Crippen molar-refractivity contribution in [3.05, 3.63) is 60.2 Å². The summed E-state index contributed by atoms with van der Waals surface area (Å²) < 4.78 is 13.8. The van der Waals surface area contributed by atoms with Crippen molar-refractivity contribution in [1.82, 2.24) is 15.0 Å². The Balaban J connectivity index is 2.01. The highest BCUT2D eigenvalue weighted by molar-refractivity contribution is 5.69. The van der Waals surface area contributed by atoms with Crippen molar-refractivity contribution >= 4 is 17.5 Å². The minimum absolute atomic E-state index is 0.0777. The topological polar surface area (TPSA) is 107 Å². The van der Waals surface area contributed by atoms with E-state index >= 15 is 0 Å². The molecule has 0 unspecified atom stereocenters. The molecule has 3 rings (SSSR count). The summed E-state index contributed by atoms with van der Waals surface area (Å²) in [6, 6.07) is 11.5. The summed E-state index contributed by atoms with van der Waals surface area (Å²) in [5.41, 5.74) is 1.56. The molecule has 3 N–H and O–H groups in total. The molecule has 0 aliphatic carbocycles. The van der Waals surface area contributed by atoms with Crippen molar-refractivity contribution in [1.29, 1.82) is 5.26 Å². The molecule has 0 aliphatic heterocycles. The van der Waals surface area contributed by atoms with Gasteiger partial charge in [-0.2, -0.15) is 10.2 Å². The van der Waals surface area contributed by atoms with Crippen LogP contribution in [-0.2, 0) is 0 Å². The van der Waals surface area contributed by atoms with Gasteiger partial charge in [0.25, 0.3) is 0 Å². The van der Waals surface area contributed by atoms with Crippen molar-refractivity contribution in [2.45, 2.75) is 0 Å². The molecule has 8 heteroatoms. The molecule has 0 bridgehead atoms.